The van der Waals surface area contributed by atoms with Crippen molar-refractivity contribution in [2.45, 2.75) is 6.61 Å². The topological polar surface area (TPSA) is 26.5 Å². The molecule has 0 aliphatic carbocycles. The molecule has 14 heavy (non-hydrogen) atoms. The maximum Gasteiger partial charge on any atom is 0.173 e. The first kappa shape index (κ1) is 9.08. The summed E-state index contributed by atoms with van der Waals surface area (Å²) in [5, 5.41) is 0. The molecule has 0 aliphatic rings. The molecule has 0 radical (unpaired) electrons. The largest absolute Gasteiger partial charge is 0.378 e. The van der Waals surface area contributed by atoms with Gasteiger partial charge < -0.3 is 4.74 Å². The standard InChI is InChI=1S/C9H8F2N2O/c1-14-5-7-3-12-9-8(11)2-6(10)4-13(7)9/h2-4H,5H2,1H3. The number of pyridine rings is 1. The van der Waals surface area contributed by atoms with Gasteiger partial charge in [0.2, 0.25) is 0 Å². The molecule has 2 heterocycles. The molecule has 0 spiro atoms. The second-order valence-electron chi connectivity index (χ2n) is 2.88. The van der Waals surface area contributed by atoms with Gasteiger partial charge in [0.25, 0.3) is 0 Å². The van der Waals surface area contributed by atoms with Crippen LogP contribution in [0.3, 0.4) is 0 Å². The highest BCUT2D eigenvalue weighted by Gasteiger charge is 2.08. The minimum atomic E-state index is -0.674. The fourth-order valence-corrected chi connectivity index (χ4v) is 1.32. The molecule has 0 aromatic carbocycles. The zero-order valence-electron chi connectivity index (χ0n) is 7.50. The van der Waals surface area contributed by atoms with Gasteiger partial charge in [-0.25, -0.2) is 13.8 Å². The molecule has 0 unspecified atom stereocenters. The van der Waals surface area contributed by atoms with Gasteiger partial charge in [0.05, 0.1) is 18.5 Å². The third-order valence-corrected chi connectivity index (χ3v) is 1.90. The second kappa shape index (κ2) is 3.34. The molecule has 2 aromatic rings. The van der Waals surface area contributed by atoms with Crippen LogP contribution in [0.2, 0.25) is 0 Å². The van der Waals surface area contributed by atoms with Crippen LogP contribution in [0.25, 0.3) is 5.65 Å². The van der Waals surface area contributed by atoms with E-state index < -0.39 is 11.6 Å². The highest BCUT2D eigenvalue weighted by Crippen LogP contribution is 2.13. The lowest BCUT2D eigenvalue weighted by atomic mass is 10.4. The Labute approximate surface area is 78.9 Å². The summed E-state index contributed by atoms with van der Waals surface area (Å²) in [7, 11) is 1.51. The van der Waals surface area contributed by atoms with E-state index in [0.717, 1.165) is 6.07 Å². The SMILES string of the molecule is COCc1cnc2c(F)cc(F)cn12. The minimum Gasteiger partial charge on any atom is -0.378 e. The van der Waals surface area contributed by atoms with Crippen molar-refractivity contribution in [1.29, 1.82) is 0 Å². The lowest BCUT2D eigenvalue weighted by Crippen LogP contribution is -1.97. The molecule has 0 saturated heterocycles. The maximum atomic E-state index is 13.1. The number of methoxy groups -OCH3 is 1. The van der Waals surface area contributed by atoms with Crippen molar-refractivity contribution < 1.29 is 13.5 Å². The van der Waals surface area contributed by atoms with Crippen LogP contribution >= 0.6 is 0 Å². The summed E-state index contributed by atoms with van der Waals surface area (Å²) >= 11 is 0. The van der Waals surface area contributed by atoms with Crippen molar-refractivity contribution in [1.82, 2.24) is 9.38 Å². The number of fused-ring (bicyclic) bond motifs is 1. The number of imidazole rings is 1. The van der Waals surface area contributed by atoms with Gasteiger partial charge >= 0.3 is 0 Å². The maximum absolute atomic E-state index is 13.1. The van der Waals surface area contributed by atoms with Crippen molar-refractivity contribution in [3.05, 3.63) is 35.8 Å². The van der Waals surface area contributed by atoms with E-state index in [1.54, 1.807) is 0 Å². The van der Waals surface area contributed by atoms with Gasteiger partial charge in [-0.05, 0) is 0 Å². The van der Waals surface area contributed by atoms with E-state index in [9.17, 15) is 8.78 Å². The molecule has 0 saturated carbocycles. The van der Waals surface area contributed by atoms with E-state index >= 15 is 0 Å². The predicted octanol–water partition coefficient (Wildman–Crippen LogP) is 1.76. The molecule has 0 fully saturated rings. The summed E-state index contributed by atoms with van der Waals surface area (Å²) in [6, 6.07) is 0.804. The Morgan fingerprint density at radius 3 is 3.00 bits per heavy atom. The third kappa shape index (κ3) is 1.35. The van der Waals surface area contributed by atoms with Crippen LogP contribution in [0.5, 0.6) is 0 Å². The number of rotatable bonds is 2. The summed E-state index contributed by atoms with van der Waals surface area (Å²) in [4.78, 5) is 3.82. The van der Waals surface area contributed by atoms with Crippen LogP contribution in [-0.4, -0.2) is 16.5 Å². The lowest BCUT2D eigenvalue weighted by molar-refractivity contribution is 0.180. The molecule has 5 heteroatoms. The van der Waals surface area contributed by atoms with Gasteiger partial charge in [-0.2, -0.15) is 0 Å². The third-order valence-electron chi connectivity index (χ3n) is 1.90. The zero-order valence-corrected chi connectivity index (χ0v) is 7.50. The number of halogens is 2. The van der Waals surface area contributed by atoms with Gasteiger partial charge in [0.15, 0.2) is 11.5 Å². The van der Waals surface area contributed by atoms with E-state index in [1.165, 1.54) is 23.9 Å². The van der Waals surface area contributed by atoms with Gasteiger partial charge in [-0.1, -0.05) is 0 Å². The molecule has 2 aromatic heterocycles. The molecule has 0 amide bonds. The van der Waals surface area contributed by atoms with E-state index in [0.29, 0.717) is 5.69 Å². The number of hydrogen-bond acceptors (Lipinski definition) is 2. The van der Waals surface area contributed by atoms with Gasteiger partial charge in [-0.15, -0.1) is 0 Å². The van der Waals surface area contributed by atoms with Crippen LogP contribution in [0.15, 0.2) is 18.5 Å². The summed E-state index contributed by atoms with van der Waals surface area (Å²) in [6.07, 6.45) is 2.64. The highest BCUT2D eigenvalue weighted by atomic mass is 19.1. The molecule has 0 atom stereocenters. The summed E-state index contributed by atoms with van der Waals surface area (Å²) in [6.45, 7) is 0.268. The number of nitrogens with zero attached hydrogens (tertiary/aromatic N) is 2. The zero-order chi connectivity index (χ0) is 10.1. The van der Waals surface area contributed by atoms with Crippen LogP contribution in [0.1, 0.15) is 5.69 Å². The van der Waals surface area contributed by atoms with Crippen molar-refractivity contribution in [3.63, 3.8) is 0 Å². The predicted molar refractivity (Wildman–Crippen MR) is 45.8 cm³/mol. The smallest absolute Gasteiger partial charge is 0.173 e. The fourth-order valence-electron chi connectivity index (χ4n) is 1.32. The van der Waals surface area contributed by atoms with Crippen molar-refractivity contribution in [3.8, 4) is 0 Å². The molecule has 74 valence electrons. The molecule has 0 bridgehead atoms. The Morgan fingerprint density at radius 1 is 1.50 bits per heavy atom. The first-order chi connectivity index (χ1) is 6.72. The number of ether oxygens (including phenoxy) is 1. The monoisotopic (exact) mass is 198 g/mol. The molecular formula is C9H8F2N2O. The Hall–Kier alpha value is -1.49. The first-order valence-corrected chi connectivity index (χ1v) is 4.02. The Balaban J connectivity index is 2.66. The van der Waals surface area contributed by atoms with Crippen LogP contribution < -0.4 is 0 Å². The van der Waals surface area contributed by atoms with E-state index in [4.69, 9.17) is 4.74 Å². The highest BCUT2D eigenvalue weighted by molar-refractivity contribution is 5.41. The lowest BCUT2D eigenvalue weighted by Gasteiger charge is -2.00. The van der Waals surface area contributed by atoms with Crippen LogP contribution in [-0.2, 0) is 11.3 Å². The Bertz CT molecular complexity index is 467. The molecule has 0 N–H and O–H groups in total. The van der Waals surface area contributed by atoms with Crippen LogP contribution in [0, 0.1) is 11.6 Å². The number of hydrogen-bond donors (Lipinski definition) is 0. The normalized spacial score (nSPS) is 11.1. The average Bonchev–Trinajstić information content (AvgIpc) is 2.49. The average molecular weight is 198 g/mol. The quantitative estimate of drug-likeness (QED) is 0.735. The first-order valence-electron chi connectivity index (χ1n) is 4.02. The summed E-state index contributed by atoms with van der Waals surface area (Å²) < 4.78 is 32.2. The van der Waals surface area contributed by atoms with Crippen molar-refractivity contribution in [2.75, 3.05) is 7.11 Å². The molecule has 0 aliphatic heterocycles. The fraction of sp³-hybridized carbons (Fsp3) is 0.222. The van der Waals surface area contributed by atoms with Crippen molar-refractivity contribution in [2.24, 2.45) is 0 Å². The van der Waals surface area contributed by atoms with E-state index in [1.807, 2.05) is 0 Å². The Kier molecular flexibility index (Phi) is 2.17. The number of aromatic nitrogens is 2. The molecular weight excluding hydrogens is 190 g/mol. The van der Waals surface area contributed by atoms with E-state index in [-0.39, 0.29) is 12.3 Å². The molecule has 2 rings (SSSR count). The van der Waals surface area contributed by atoms with Gasteiger partial charge in [0.1, 0.15) is 5.82 Å². The second-order valence-corrected chi connectivity index (χ2v) is 2.88. The summed E-state index contributed by atoms with van der Waals surface area (Å²) in [5.41, 5.74) is 0.722. The Morgan fingerprint density at radius 2 is 2.29 bits per heavy atom. The summed E-state index contributed by atoms with van der Waals surface area (Å²) in [5.74, 6) is -1.31. The van der Waals surface area contributed by atoms with E-state index in [2.05, 4.69) is 4.98 Å². The minimum absolute atomic E-state index is 0.110. The van der Waals surface area contributed by atoms with Gasteiger partial charge in [0, 0.05) is 19.4 Å². The van der Waals surface area contributed by atoms with Crippen LogP contribution in [0.4, 0.5) is 8.78 Å². The molecule has 3 nitrogen and oxygen atoms in total. The van der Waals surface area contributed by atoms with Gasteiger partial charge in [-0.3, -0.25) is 4.40 Å². The van der Waals surface area contributed by atoms with Crippen molar-refractivity contribution >= 4 is 5.65 Å².